The summed E-state index contributed by atoms with van der Waals surface area (Å²) in [7, 11) is 2.90. The second-order valence-electron chi connectivity index (χ2n) is 4.51. The van der Waals surface area contributed by atoms with Crippen LogP contribution in [-0.2, 0) is 10.2 Å². The average Bonchev–Trinajstić information content (AvgIpc) is 3.07. The summed E-state index contributed by atoms with van der Waals surface area (Å²) in [4.78, 5) is 10.9. The van der Waals surface area contributed by atoms with Crippen molar-refractivity contribution in [3.05, 3.63) is 23.5 Å². The van der Waals surface area contributed by atoms with E-state index >= 15 is 0 Å². The van der Waals surface area contributed by atoms with Gasteiger partial charge in [-0.3, -0.25) is 4.79 Å². The van der Waals surface area contributed by atoms with Crippen LogP contribution in [0.25, 0.3) is 0 Å². The monoisotopic (exact) mass is 254 g/mol. The fourth-order valence-electron chi connectivity index (χ4n) is 2.35. The Balaban J connectivity index is 2.52. The first kappa shape index (κ1) is 12.7. The highest BCUT2D eigenvalue weighted by atomic mass is 19.1. The lowest BCUT2D eigenvalue weighted by atomic mass is 9.90. The zero-order chi connectivity index (χ0) is 13.3. The summed E-state index contributed by atoms with van der Waals surface area (Å²) in [5.74, 6) is -0.648. The van der Waals surface area contributed by atoms with Gasteiger partial charge in [-0.05, 0) is 25.0 Å². The average molecular weight is 254 g/mol. The Kier molecular flexibility index (Phi) is 3.15. The highest BCUT2D eigenvalue weighted by Gasteiger charge is 2.50. The fraction of sp³-hybridized carbons (Fsp3) is 0.462. The summed E-state index contributed by atoms with van der Waals surface area (Å²) in [5, 5.41) is 8.94. The Morgan fingerprint density at radius 3 is 2.50 bits per heavy atom. The van der Waals surface area contributed by atoms with Crippen molar-refractivity contribution < 1.29 is 23.8 Å². The van der Waals surface area contributed by atoms with Gasteiger partial charge >= 0.3 is 5.97 Å². The molecule has 2 rings (SSSR count). The van der Waals surface area contributed by atoms with E-state index in [1.807, 2.05) is 0 Å². The van der Waals surface area contributed by atoms with Crippen molar-refractivity contribution in [3.63, 3.8) is 0 Å². The van der Waals surface area contributed by atoms with E-state index in [9.17, 15) is 9.18 Å². The molecule has 1 aliphatic rings. The van der Waals surface area contributed by atoms with E-state index in [0.29, 0.717) is 29.9 Å². The van der Waals surface area contributed by atoms with Crippen LogP contribution >= 0.6 is 0 Å². The van der Waals surface area contributed by atoms with E-state index < -0.39 is 17.2 Å². The van der Waals surface area contributed by atoms with E-state index in [1.165, 1.54) is 26.4 Å². The third-order valence-electron chi connectivity index (χ3n) is 3.37. The van der Waals surface area contributed by atoms with Crippen LogP contribution in [0.1, 0.15) is 24.8 Å². The first-order chi connectivity index (χ1) is 8.54. The van der Waals surface area contributed by atoms with Crippen LogP contribution in [0.5, 0.6) is 11.5 Å². The van der Waals surface area contributed by atoms with Crippen molar-refractivity contribution in [2.24, 2.45) is 0 Å². The number of carboxylic acid groups (broad SMARTS) is 1. The minimum absolute atomic E-state index is 0.0898. The first-order valence-corrected chi connectivity index (χ1v) is 5.67. The molecule has 0 aromatic heterocycles. The molecule has 0 unspecified atom stereocenters. The molecule has 5 heteroatoms. The van der Waals surface area contributed by atoms with Gasteiger partial charge in [-0.15, -0.1) is 0 Å². The Labute approximate surface area is 104 Å². The van der Waals surface area contributed by atoms with Gasteiger partial charge in [0.25, 0.3) is 0 Å². The van der Waals surface area contributed by atoms with Crippen LogP contribution < -0.4 is 9.47 Å². The second-order valence-corrected chi connectivity index (χ2v) is 4.51. The Hall–Kier alpha value is -1.78. The molecule has 0 bridgehead atoms. The first-order valence-electron chi connectivity index (χ1n) is 5.67. The Morgan fingerprint density at radius 1 is 1.39 bits per heavy atom. The molecule has 0 saturated heterocycles. The van der Waals surface area contributed by atoms with Crippen molar-refractivity contribution in [2.45, 2.75) is 24.7 Å². The van der Waals surface area contributed by atoms with Crippen molar-refractivity contribution >= 4 is 5.97 Å². The molecule has 0 amide bonds. The maximum Gasteiger partial charge on any atom is 0.304 e. The van der Waals surface area contributed by atoms with Gasteiger partial charge in [-0.1, -0.05) is 0 Å². The molecule has 1 aromatic carbocycles. The minimum atomic E-state index is -0.934. The summed E-state index contributed by atoms with van der Waals surface area (Å²) in [6.07, 6.45) is 1.22. The molecule has 0 aliphatic heterocycles. The molecule has 0 radical (unpaired) electrons. The van der Waals surface area contributed by atoms with Gasteiger partial charge in [0.05, 0.1) is 20.6 Å². The lowest BCUT2D eigenvalue weighted by molar-refractivity contribution is -0.137. The maximum atomic E-state index is 14.0. The number of hydrogen-bond donors (Lipinski definition) is 1. The number of halogens is 1. The molecule has 1 N–H and O–H groups in total. The van der Waals surface area contributed by atoms with Crippen LogP contribution in [-0.4, -0.2) is 25.3 Å². The van der Waals surface area contributed by atoms with E-state index in [0.717, 1.165) is 0 Å². The standard InChI is InChI=1S/C13H15FO4/c1-17-9-4-3-8(14)11(12(9)18-2)13(5-6-13)7-10(15)16/h3-4H,5-7H2,1-2H3,(H,15,16). The fourth-order valence-corrected chi connectivity index (χ4v) is 2.35. The third-order valence-corrected chi connectivity index (χ3v) is 3.37. The number of rotatable bonds is 5. The molecule has 0 heterocycles. The van der Waals surface area contributed by atoms with Gasteiger partial charge in [0.2, 0.25) is 0 Å². The van der Waals surface area contributed by atoms with Gasteiger partial charge in [-0.2, -0.15) is 0 Å². The number of ether oxygens (including phenoxy) is 2. The molecular weight excluding hydrogens is 239 g/mol. The van der Waals surface area contributed by atoms with Gasteiger partial charge < -0.3 is 14.6 Å². The number of benzene rings is 1. The number of carboxylic acids is 1. The minimum Gasteiger partial charge on any atom is -0.493 e. The lowest BCUT2D eigenvalue weighted by Crippen LogP contribution is -2.16. The number of carbonyl (C=O) groups is 1. The quantitative estimate of drug-likeness (QED) is 0.876. The number of aliphatic carboxylic acids is 1. The van der Waals surface area contributed by atoms with E-state index in [1.54, 1.807) is 0 Å². The summed E-state index contributed by atoms with van der Waals surface area (Å²) in [5.41, 5.74) is -0.317. The Bertz CT molecular complexity index is 480. The highest BCUT2D eigenvalue weighted by molar-refractivity contribution is 5.71. The predicted octanol–water partition coefficient (Wildman–Crippen LogP) is 2.35. The molecular formula is C13H15FO4. The van der Waals surface area contributed by atoms with Crippen molar-refractivity contribution in [3.8, 4) is 11.5 Å². The van der Waals surface area contributed by atoms with Crippen LogP contribution in [0.3, 0.4) is 0 Å². The van der Waals surface area contributed by atoms with E-state index in [-0.39, 0.29) is 6.42 Å². The van der Waals surface area contributed by atoms with Crippen LogP contribution in [0.15, 0.2) is 12.1 Å². The zero-order valence-corrected chi connectivity index (χ0v) is 10.3. The van der Waals surface area contributed by atoms with Crippen molar-refractivity contribution in [1.82, 2.24) is 0 Å². The summed E-state index contributed by atoms with van der Waals surface area (Å²) < 4.78 is 24.3. The van der Waals surface area contributed by atoms with Crippen molar-refractivity contribution in [1.29, 1.82) is 0 Å². The molecule has 98 valence electrons. The van der Waals surface area contributed by atoms with Crippen molar-refractivity contribution in [2.75, 3.05) is 14.2 Å². The molecule has 1 aromatic rings. The molecule has 0 spiro atoms. The van der Waals surface area contributed by atoms with Gasteiger partial charge in [0.15, 0.2) is 11.5 Å². The summed E-state index contributed by atoms with van der Waals surface area (Å²) in [6.45, 7) is 0. The smallest absolute Gasteiger partial charge is 0.304 e. The highest BCUT2D eigenvalue weighted by Crippen LogP contribution is 2.56. The SMILES string of the molecule is COc1ccc(F)c(C2(CC(=O)O)CC2)c1OC. The Morgan fingerprint density at radius 2 is 2.06 bits per heavy atom. The molecule has 18 heavy (non-hydrogen) atoms. The molecule has 0 atom stereocenters. The molecule has 1 saturated carbocycles. The van der Waals surface area contributed by atoms with Gasteiger partial charge in [-0.25, -0.2) is 4.39 Å². The van der Waals surface area contributed by atoms with Crippen LogP contribution in [0.4, 0.5) is 4.39 Å². The third kappa shape index (κ3) is 2.00. The summed E-state index contributed by atoms with van der Waals surface area (Å²) in [6, 6.07) is 2.77. The largest absolute Gasteiger partial charge is 0.493 e. The topological polar surface area (TPSA) is 55.8 Å². The maximum absolute atomic E-state index is 14.0. The number of methoxy groups -OCH3 is 2. The summed E-state index contributed by atoms with van der Waals surface area (Å²) >= 11 is 0. The van der Waals surface area contributed by atoms with Crippen LogP contribution in [0, 0.1) is 5.82 Å². The molecule has 1 aliphatic carbocycles. The van der Waals surface area contributed by atoms with Crippen LogP contribution in [0.2, 0.25) is 0 Å². The molecule has 1 fully saturated rings. The van der Waals surface area contributed by atoms with E-state index in [4.69, 9.17) is 14.6 Å². The normalized spacial score (nSPS) is 16.2. The number of hydrogen-bond acceptors (Lipinski definition) is 3. The van der Waals surface area contributed by atoms with Gasteiger partial charge in [0.1, 0.15) is 5.82 Å². The molecule has 4 nitrogen and oxygen atoms in total. The zero-order valence-electron chi connectivity index (χ0n) is 10.3. The van der Waals surface area contributed by atoms with Gasteiger partial charge in [0, 0.05) is 11.0 Å². The second kappa shape index (κ2) is 4.48. The van der Waals surface area contributed by atoms with E-state index in [2.05, 4.69) is 0 Å². The lowest BCUT2D eigenvalue weighted by Gasteiger charge is -2.19. The predicted molar refractivity (Wildman–Crippen MR) is 62.7 cm³/mol.